The van der Waals surface area contributed by atoms with E-state index in [0.717, 1.165) is 74.4 Å². The summed E-state index contributed by atoms with van der Waals surface area (Å²) in [7, 11) is 5.09. The van der Waals surface area contributed by atoms with E-state index >= 15 is 0 Å². The minimum absolute atomic E-state index is 0.0724. The molecule has 2 bridgehead atoms. The van der Waals surface area contributed by atoms with Gasteiger partial charge in [-0.1, -0.05) is 13.0 Å². The standard InChI is InChI=1S/C38H37N5O4S/c1-20-24-8-11-29(20)43(19-24)37(44)26-14-28-34(31(16-26)46-3)41(2)36(40-28)30-15-23-7-10-27(39-35(23)42(30)18-21-5-6-21)22-9-12-32-25(13-22)17-33(48-32)38(45)47-4/h7,9-10,12-17,20-21,24,29H,5-6,8,11,18-19H2,1-4H3/t20-,24?,29?/m1/s1. The number of aromatic nitrogens is 4. The van der Waals surface area contributed by atoms with Gasteiger partial charge < -0.3 is 23.5 Å². The lowest BCUT2D eigenvalue weighted by Crippen LogP contribution is -2.38. The van der Waals surface area contributed by atoms with Crippen molar-refractivity contribution in [2.24, 2.45) is 24.8 Å². The van der Waals surface area contributed by atoms with Gasteiger partial charge in [-0.15, -0.1) is 11.3 Å². The lowest BCUT2D eigenvalue weighted by molar-refractivity contribution is 0.0605. The first kappa shape index (κ1) is 29.4. The predicted octanol–water partition coefficient (Wildman–Crippen LogP) is 7.55. The highest BCUT2D eigenvalue weighted by molar-refractivity contribution is 7.20. The Morgan fingerprint density at radius 2 is 1.81 bits per heavy atom. The first-order valence-electron chi connectivity index (χ1n) is 16.8. The number of esters is 1. The number of amides is 1. The molecule has 3 aliphatic rings. The lowest BCUT2D eigenvalue weighted by atomic mass is 10.0. The molecule has 0 N–H and O–H groups in total. The molecular formula is C38H37N5O4S. The number of fused-ring (bicyclic) bond motifs is 5. The van der Waals surface area contributed by atoms with Crippen molar-refractivity contribution >= 4 is 55.4 Å². The summed E-state index contributed by atoms with van der Waals surface area (Å²) in [6, 6.07) is 18.6. The molecule has 6 aromatic rings. The number of carbonyl (C=O) groups is 2. The average molecular weight is 660 g/mol. The van der Waals surface area contributed by atoms with Crippen molar-refractivity contribution in [2.45, 2.75) is 45.2 Å². The molecule has 9 rings (SSSR count). The van der Waals surface area contributed by atoms with E-state index in [1.54, 1.807) is 7.11 Å². The number of likely N-dealkylation sites (tertiary alicyclic amines) is 1. The number of carbonyl (C=O) groups excluding carboxylic acids is 2. The fourth-order valence-corrected chi connectivity index (χ4v) is 9.11. The van der Waals surface area contributed by atoms with Crippen LogP contribution in [0.2, 0.25) is 0 Å². The summed E-state index contributed by atoms with van der Waals surface area (Å²) in [6.45, 7) is 3.98. The molecule has 1 aliphatic heterocycles. The first-order chi connectivity index (χ1) is 23.3. The molecule has 3 fully saturated rings. The van der Waals surface area contributed by atoms with Gasteiger partial charge in [0.25, 0.3) is 5.91 Å². The topological polar surface area (TPSA) is 91.5 Å². The Morgan fingerprint density at radius 3 is 2.54 bits per heavy atom. The summed E-state index contributed by atoms with van der Waals surface area (Å²) in [4.78, 5) is 39.0. The molecule has 5 heterocycles. The number of pyridine rings is 1. The molecule has 244 valence electrons. The van der Waals surface area contributed by atoms with E-state index < -0.39 is 0 Å². The Bertz CT molecular complexity index is 2300. The molecule has 2 unspecified atom stereocenters. The molecule has 1 saturated heterocycles. The summed E-state index contributed by atoms with van der Waals surface area (Å²) in [5.74, 6) is 2.99. The van der Waals surface area contributed by atoms with Crippen molar-refractivity contribution < 1.29 is 19.1 Å². The van der Waals surface area contributed by atoms with Gasteiger partial charge in [-0.05, 0) is 97.4 Å². The van der Waals surface area contributed by atoms with E-state index in [4.69, 9.17) is 19.4 Å². The molecule has 1 amide bonds. The molecule has 4 aromatic heterocycles. The van der Waals surface area contributed by atoms with E-state index in [-0.39, 0.29) is 11.9 Å². The maximum atomic E-state index is 13.8. The third-order valence-electron chi connectivity index (χ3n) is 11.0. The van der Waals surface area contributed by atoms with Crippen LogP contribution in [0, 0.1) is 17.8 Å². The highest BCUT2D eigenvalue weighted by Gasteiger charge is 2.46. The summed E-state index contributed by atoms with van der Waals surface area (Å²) in [6.07, 6.45) is 4.71. The zero-order valence-corrected chi connectivity index (χ0v) is 28.3. The molecule has 0 spiro atoms. The Balaban J connectivity index is 1.13. The van der Waals surface area contributed by atoms with Crippen LogP contribution >= 0.6 is 11.3 Å². The van der Waals surface area contributed by atoms with Crippen LogP contribution in [0.3, 0.4) is 0 Å². The predicted molar refractivity (Wildman–Crippen MR) is 188 cm³/mol. The van der Waals surface area contributed by atoms with Gasteiger partial charge >= 0.3 is 5.97 Å². The Hall–Kier alpha value is -4.70. The van der Waals surface area contributed by atoms with Gasteiger partial charge in [0.15, 0.2) is 5.82 Å². The van der Waals surface area contributed by atoms with Crippen LogP contribution in [0.5, 0.6) is 5.75 Å². The summed E-state index contributed by atoms with van der Waals surface area (Å²) < 4.78 is 16.3. The van der Waals surface area contributed by atoms with Gasteiger partial charge in [-0.25, -0.2) is 14.8 Å². The number of hydrogen-bond donors (Lipinski definition) is 0. The van der Waals surface area contributed by atoms with Crippen molar-refractivity contribution in [3.05, 3.63) is 65.0 Å². The van der Waals surface area contributed by atoms with Crippen molar-refractivity contribution in [1.29, 1.82) is 0 Å². The van der Waals surface area contributed by atoms with Gasteiger partial charge in [0.2, 0.25) is 0 Å². The summed E-state index contributed by atoms with van der Waals surface area (Å²) in [5.41, 5.74) is 6.03. The van der Waals surface area contributed by atoms with Crippen molar-refractivity contribution in [1.82, 2.24) is 24.0 Å². The zero-order chi connectivity index (χ0) is 32.8. The van der Waals surface area contributed by atoms with Crippen LogP contribution in [-0.4, -0.2) is 62.7 Å². The third-order valence-corrected chi connectivity index (χ3v) is 12.1. The number of hydrogen-bond acceptors (Lipinski definition) is 7. The van der Waals surface area contributed by atoms with Crippen molar-refractivity contribution in [3.63, 3.8) is 0 Å². The van der Waals surface area contributed by atoms with E-state index in [9.17, 15) is 9.59 Å². The average Bonchev–Trinajstić information content (AvgIpc) is 3.36. The van der Waals surface area contributed by atoms with Crippen LogP contribution < -0.4 is 4.74 Å². The first-order valence-corrected chi connectivity index (χ1v) is 17.6. The number of thiophene rings is 1. The molecule has 2 aliphatic carbocycles. The van der Waals surface area contributed by atoms with Gasteiger partial charge in [-0.2, -0.15) is 0 Å². The monoisotopic (exact) mass is 659 g/mol. The SMILES string of the molecule is COC(=O)c1cc2cc(-c3ccc4cc(-c5nc6cc(C(=O)N7CC8CCC7[C@@H]8C)cc(OC)c6n5C)n(CC5CC5)c4n3)ccc2s1. The highest BCUT2D eigenvalue weighted by atomic mass is 32.1. The van der Waals surface area contributed by atoms with Crippen LogP contribution in [0.25, 0.3) is 54.9 Å². The van der Waals surface area contributed by atoms with Crippen LogP contribution in [0.15, 0.2) is 54.6 Å². The van der Waals surface area contributed by atoms with Crippen LogP contribution in [-0.2, 0) is 18.3 Å². The number of methoxy groups -OCH3 is 2. The number of aryl methyl sites for hydroxylation is 1. The fourth-order valence-electron chi connectivity index (χ4n) is 8.15. The lowest BCUT2D eigenvalue weighted by Gasteiger charge is -2.27. The van der Waals surface area contributed by atoms with Gasteiger partial charge in [0, 0.05) is 47.4 Å². The minimum atomic E-state index is -0.321. The molecular weight excluding hydrogens is 623 g/mol. The highest BCUT2D eigenvalue weighted by Crippen LogP contribution is 2.44. The minimum Gasteiger partial charge on any atom is -0.494 e. The van der Waals surface area contributed by atoms with Gasteiger partial charge in [0.1, 0.15) is 21.8 Å². The van der Waals surface area contributed by atoms with E-state index in [2.05, 4.69) is 51.3 Å². The molecule has 2 aromatic carbocycles. The van der Waals surface area contributed by atoms with Crippen molar-refractivity contribution in [2.75, 3.05) is 20.8 Å². The number of nitrogens with zero attached hydrogens (tertiary/aromatic N) is 5. The second kappa shape index (κ2) is 10.9. The number of imidazole rings is 1. The third kappa shape index (κ3) is 4.56. The van der Waals surface area contributed by atoms with Crippen LogP contribution in [0.1, 0.15) is 52.6 Å². The van der Waals surface area contributed by atoms with E-state index in [1.807, 2.05) is 31.3 Å². The second-order valence-corrected chi connectivity index (χ2v) is 14.9. The zero-order valence-electron chi connectivity index (χ0n) is 27.5. The smallest absolute Gasteiger partial charge is 0.348 e. The molecule has 3 atom stereocenters. The Labute approximate surface area is 282 Å². The second-order valence-electron chi connectivity index (χ2n) is 13.8. The normalized spacial score (nSPS) is 20.4. The fraction of sp³-hybridized carbons (Fsp3) is 0.368. The molecule has 48 heavy (non-hydrogen) atoms. The van der Waals surface area contributed by atoms with Crippen LogP contribution in [0.4, 0.5) is 0 Å². The number of benzene rings is 2. The molecule has 0 radical (unpaired) electrons. The molecule has 2 saturated carbocycles. The van der Waals surface area contributed by atoms with Gasteiger partial charge in [-0.3, -0.25) is 4.79 Å². The number of piperidine rings is 1. The molecule has 9 nitrogen and oxygen atoms in total. The largest absolute Gasteiger partial charge is 0.494 e. The maximum absolute atomic E-state index is 13.8. The molecule has 10 heteroatoms. The summed E-state index contributed by atoms with van der Waals surface area (Å²) in [5, 5.41) is 2.04. The Kier molecular flexibility index (Phi) is 6.70. The van der Waals surface area contributed by atoms with E-state index in [1.165, 1.54) is 37.7 Å². The summed E-state index contributed by atoms with van der Waals surface area (Å²) >= 11 is 1.43. The van der Waals surface area contributed by atoms with Gasteiger partial charge in [0.05, 0.1) is 31.1 Å². The van der Waals surface area contributed by atoms with Crippen molar-refractivity contribution in [3.8, 4) is 28.5 Å². The van der Waals surface area contributed by atoms with E-state index in [0.29, 0.717) is 40.0 Å². The maximum Gasteiger partial charge on any atom is 0.348 e. The number of rotatable bonds is 7. The quantitative estimate of drug-likeness (QED) is 0.165. The number of ether oxygens (including phenoxy) is 2. The Morgan fingerprint density at radius 1 is 0.958 bits per heavy atom.